The number of benzene rings is 1. The van der Waals surface area contributed by atoms with E-state index in [1.807, 2.05) is 32.0 Å². The Morgan fingerprint density at radius 1 is 1.20 bits per heavy atom. The van der Waals surface area contributed by atoms with E-state index in [1.54, 1.807) is 0 Å². The largest absolute Gasteiger partial charge is 0.461 e. The maximum atomic E-state index is 5.74. The summed E-state index contributed by atoms with van der Waals surface area (Å²) in [5.41, 5.74) is 2.15. The zero-order chi connectivity index (χ0) is 13.9. The molecule has 5 nitrogen and oxygen atoms in total. The Labute approximate surface area is 117 Å². The van der Waals surface area contributed by atoms with E-state index >= 15 is 0 Å². The van der Waals surface area contributed by atoms with E-state index in [0.717, 1.165) is 30.9 Å². The Hall–Kier alpha value is -2.14. The fraction of sp³-hybridized carbons (Fsp3) is 0.333. The first kappa shape index (κ1) is 12.9. The van der Waals surface area contributed by atoms with Gasteiger partial charge in [-0.3, -0.25) is 0 Å². The van der Waals surface area contributed by atoms with Crippen molar-refractivity contribution in [3.8, 4) is 0 Å². The standard InChI is InChI=1S/C15H17N3O2/c1-10-13(12-5-3-4-6-14(12)19-10)9-16-8-7-15-17-11(2)18-20-15/h3-6,16H,7-9H2,1-2H3. The summed E-state index contributed by atoms with van der Waals surface area (Å²) in [6.07, 6.45) is 0.732. The van der Waals surface area contributed by atoms with Crippen molar-refractivity contribution in [1.29, 1.82) is 0 Å². The molecule has 5 heteroatoms. The van der Waals surface area contributed by atoms with Crippen LogP contribution in [-0.2, 0) is 13.0 Å². The van der Waals surface area contributed by atoms with E-state index < -0.39 is 0 Å². The van der Waals surface area contributed by atoms with Crippen molar-refractivity contribution in [3.05, 3.63) is 47.3 Å². The molecule has 0 unspecified atom stereocenters. The van der Waals surface area contributed by atoms with Crippen LogP contribution in [0.15, 0.2) is 33.2 Å². The Balaban J connectivity index is 1.61. The molecule has 2 heterocycles. The molecule has 1 N–H and O–H groups in total. The fourth-order valence-corrected chi connectivity index (χ4v) is 2.29. The number of fused-ring (bicyclic) bond motifs is 1. The minimum absolute atomic E-state index is 0.670. The Kier molecular flexibility index (Phi) is 3.52. The van der Waals surface area contributed by atoms with Gasteiger partial charge >= 0.3 is 0 Å². The summed E-state index contributed by atoms with van der Waals surface area (Å²) in [7, 11) is 0. The first-order valence-electron chi connectivity index (χ1n) is 6.71. The Morgan fingerprint density at radius 2 is 2.05 bits per heavy atom. The molecule has 2 aromatic heterocycles. The molecule has 0 aliphatic carbocycles. The molecule has 0 amide bonds. The number of rotatable bonds is 5. The van der Waals surface area contributed by atoms with Crippen molar-refractivity contribution < 1.29 is 8.94 Å². The molecular weight excluding hydrogens is 254 g/mol. The van der Waals surface area contributed by atoms with Crippen LogP contribution in [0.4, 0.5) is 0 Å². The van der Waals surface area contributed by atoms with Crippen LogP contribution in [0, 0.1) is 13.8 Å². The first-order chi connectivity index (χ1) is 9.74. The molecule has 0 saturated carbocycles. The van der Waals surface area contributed by atoms with Gasteiger partial charge in [0.1, 0.15) is 11.3 Å². The van der Waals surface area contributed by atoms with E-state index in [9.17, 15) is 0 Å². The number of para-hydroxylation sites is 1. The molecule has 0 bridgehead atoms. The average Bonchev–Trinajstić information content (AvgIpc) is 2.98. The highest BCUT2D eigenvalue weighted by Gasteiger charge is 2.09. The molecule has 0 spiro atoms. The normalized spacial score (nSPS) is 11.3. The maximum Gasteiger partial charge on any atom is 0.227 e. The second-order valence-electron chi connectivity index (χ2n) is 4.80. The third-order valence-electron chi connectivity index (χ3n) is 3.29. The second-order valence-corrected chi connectivity index (χ2v) is 4.80. The Bertz CT molecular complexity index is 715. The van der Waals surface area contributed by atoms with E-state index in [-0.39, 0.29) is 0 Å². The molecule has 0 atom stereocenters. The minimum atomic E-state index is 0.670. The molecule has 3 rings (SSSR count). The third kappa shape index (κ3) is 2.58. The van der Waals surface area contributed by atoms with E-state index in [2.05, 4.69) is 21.5 Å². The van der Waals surface area contributed by atoms with Crippen molar-refractivity contribution in [3.63, 3.8) is 0 Å². The van der Waals surface area contributed by atoms with Crippen LogP contribution in [0.2, 0.25) is 0 Å². The minimum Gasteiger partial charge on any atom is -0.461 e. The van der Waals surface area contributed by atoms with Crippen molar-refractivity contribution in [2.75, 3.05) is 6.54 Å². The molecule has 0 aliphatic rings. The number of aryl methyl sites for hydroxylation is 2. The highest BCUT2D eigenvalue weighted by molar-refractivity contribution is 5.82. The second kappa shape index (κ2) is 5.46. The molecule has 0 radical (unpaired) electrons. The quantitative estimate of drug-likeness (QED) is 0.723. The molecule has 1 aromatic carbocycles. The number of furan rings is 1. The molecule has 0 aliphatic heterocycles. The maximum absolute atomic E-state index is 5.74. The molecule has 3 aromatic rings. The van der Waals surface area contributed by atoms with Gasteiger partial charge in [-0.2, -0.15) is 4.98 Å². The summed E-state index contributed by atoms with van der Waals surface area (Å²) in [6, 6.07) is 8.10. The average molecular weight is 271 g/mol. The van der Waals surface area contributed by atoms with Crippen LogP contribution in [-0.4, -0.2) is 16.7 Å². The summed E-state index contributed by atoms with van der Waals surface area (Å²) in [5.74, 6) is 2.31. The predicted molar refractivity (Wildman–Crippen MR) is 75.4 cm³/mol. The van der Waals surface area contributed by atoms with Crippen molar-refractivity contribution in [1.82, 2.24) is 15.5 Å². The van der Waals surface area contributed by atoms with Gasteiger partial charge in [0, 0.05) is 30.5 Å². The lowest BCUT2D eigenvalue weighted by molar-refractivity contribution is 0.372. The molecule has 104 valence electrons. The Morgan fingerprint density at radius 3 is 2.85 bits per heavy atom. The highest BCUT2D eigenvalue weighted by atomic mass is 16.5. The van der Waals surface area contributed by atoms with Gasteiger partial charge in [-0.1, -0.05) is 23.4 Å². The van der Waals surface area contributed by atoms with Gasteiger partial charge in [-0.05, 0) is 19.9 Å². The van der Waals surface area contributed by atoms with Gasteiger partial charge in [0.15, 0.2) is 5.82 Å². The highest BCUT2D eigenvalue weighted by Crippen LogP contribution is 2.24. The first-order valence-corrected chi connectivity index (χ1v) is 6.71. The van der Waals surface area contributed by atoms with Crippen LogP contribution in [0.1, 0.15) is 23.0 Å². The number of hydrogen-bond donors (Lipinski definition) is 1. The van der Waals surface area contributed by atoms with Gasteiger partial charge in [0.25, 0.3) is 0 Å². The van der Waals surface area contributed by atoms with Crippen molar-refractivity contribution in [2.45, 2.75) is 26.8 Å². The lowest BCUT2D eigenvalue weighted by Crippen LogP contribution is -2.17. The van der Waals surface area contributed by atoms with Crippen LogP contribution >= 0.6 is 0 Å². The van der Waals surface area contributed by atoms with Gasteiger partial charge in [0.2, 0.25) is 5.89 Å². The topological polar surface area (TPSA) is 64.1 Å². The molecule has 0 saturated heterocycles. The van der Waals surface area contributed by atoms with Gasteiger partial charge in [0.05, 0.1) is 0 Å². The number of aromatic nitrogens is 2. The summed E-state index contributed by atoms with van der Waals surface area (Å²) in [5, 5.41) is 8.33. The zero-order valence-corrected chi connectivity index (χ0v) is 11.6. The lowest BCUT2D eigenvalue weighted by Gasteiger charge is -2.02. The monoisotopic (exact) mass is 271 g/mol. The summed E-state index contributed by atoms with van der Waals surface area (Å²) in [6.45, 7) is 5.39. The number of nitrogens with one attached hydrogen (secondary N) is 1. The van der Waals surface area contributed by atoms with E-state index in [4.69, 9.17) is 8.94 Å². The molecule has 20 heavy (non-hydrogen) atoms. The van der Waals surface area contributed by atoms with Crippen LogP contribution in [0.3, 0.4) is 0 Å². The van der Waals surface area contributed by atoms with Gasteiger partial charge in [-0.25, -0.2) is 0 Å². The summed E-state index contributed by atoms with van der Waals surface area (Å²) >= 11 is 0. The number of nitrogens with zero attached hydrogens (tertiary/aromatic N) is 2. The van der Waals surface area contributed by atoms with Crippen molar-refractivity contribution >= 4 is 11.0 Å². The van der Waals surface area contributed by atoms with Gasteiger partial charge < -0.3 is 14.3 Å². The summed E-state index contributed by atoms with van der Waals surface area (Å²) in [4.78, 5) is 4.18. The smallest absolute Gasteiger partial charge is 0.227 e. The van der Waals surface area contributed by atoms with Crippen LogP contribution < -0.4 is 5.32 Å². The third-order valence-corrected chi connectivity index (χ3v) is 3.29. The SMILES string of the molecule is Cc1noc(CCNCc2c(C)oc3ccccc23)n1. The number of hydrogen-bond acceptors (Lipinski definition) is 5. The zero-order valence-electron chi connectivity index (χ0n) is 11.6. The van der Waals surface area contributed by atoms with Crippen molar-refractivity contribution in [2.24, 2.45) is 0 Å². The van der Waals surface area contributed by atoms with Crippen LogP contribution in [0.5, 0.6) is 0 Å². The van der Waals surface area contributed by atoms with E-state index in [1.165, 1.54) is 10.9 Å². The molecular formula is C15H17N3O2. The van der Waals surface area contributed by atoms with Gasteiger partial charge in [-0.15, -0.1) is 0 Å². The molecule has 0 fully saturated rings. The van der Waals surface area contributed by atoms with Crippen LogP contribution in [0.25, 0.3) is 11.0 Å². The predicted octanol–water partition coefficient (Wildman–Crippen LogP) is 2.76. The summed E-state index contributed by atoms with van der Waals surface area (Å²) < 4.78 is 10.8. The lowest BCUT2D eigenvalue weighted by atomic mass is 10.1. The fourth-order valence-electron chi connectivity index (χ4n) is 2.29. The van der Waals surface area contributed by atoms with E-state index in [0.29, 0.717) is 11.7 Å².